The lowest BCUT2D eigenvalue weighted by molar-refractivity contribution is 0.0757. The Hall–Kier alpha value is -0.810. The number of aliphatic hydroxyl groups excluding tert-OH is 1. The Morgan fingerprint density at radius 3 is 2.67 bits per heavy atom. The molecular formula is C16H33N3O2. The van der Waals surface area contributed by atoms with Crippen LogP contribution in [0.15, 0.2) is 0 Å². The van der Waals surface area contributed by atoms with Crippen molar-refractivity contribution in [2.45, 2.75) is 71.6 Å². The lowest BCUT2D eigenvalue weighted by Gasteiger charge is -2.37. The Balaban J connectivity index is 2.43. The molecule has 3 N–H and O–H groups in total. The molecule has 0 saturated carbocycles. The van der Waals surface area contributed by atoms with Gasteiger partial charge in [-0.05, 0) is 59.4 Å². The van der Waals surface area contributed by atoms with Crippen molar-refractivity contribution in [3.05, 3.63) is 0 Å². The number of β-amino-alcohol motifs (C(OH)–C–C–N with tert-alkyl or cyclic N) is 1. The van der Waals surface area contributed by atoms with E-state index in [0.717, 1.165) is 38.9 Å². The zero-order valence-corrected chi connectivity index (χ0v) is 14.3. The van der Waals surface area contributed by atoms with Crippen molar-refractivity contribution in [1.82, 2.24) is 15.5 Å². The zero-order chi connectivity index (χ0) is 16.0. The van der Waals surface area contributed by atoms with Crippen molar-refractivity contribution < 1.29 is 9.90 Å². The highest BCUT2D eigenvalue weighted by molar-refractivity contribution is 5.74. The minimum Gasteiger partial charge on any atom is -0.392 e. The summed E-state index contributed by atoms with van der Waals surface area (Å²) in [6, 6.07) is 0.0506. The van der Waals surface area contributed by atoms with Crippen molar-refractivity contribution in [3.8, 4) is 0 Å². The topological polar surface area (TPSA) is 64.6 Å². The highest BCUT2D eigenvalue weighted by atomic mass is 16.3. The molecule has 124 valence electrons. The van der Waals surface area contributed by atoms with Gasteiger partial charge in [0.15, 0.2) is 0 Å². The number of aliphatic hydroxyl groups is 1. The first-order chi connectivity index (χ1) is 9.71. The Kier molecular flexibility index (Phi) is 6.94. The highest BCUT2D eigenvalue weighted by Gasteiger charge is 2.27. The second-order valence-corrected chi connectivity index (χ2v) is 7.36. The summed E-state index contributed by atoms with van der Waals surface area (Å²) < 4.78 is 0. The summed E-state index contributed by atoms with van der Waals surface area (Å²) in [6.45, 7) is 12.8. The van der Waals surface area contributed by atoms with E-state index in [0.29, 0.717) is 5.92 Å². The SMILES string of the molecule is CC[C@@H](O)CN1CCC[C@@H]([C@@H](C)NC(=O)NC(C)(C)C)C1. The maximum absolute atomic E-state index is 11.9. The van der Waals surface area contributed by atoms with Crippen molar-refractivity contribution in [2.24, 2.45) is 5.92 Å². The molecule has 0 unspecified atom stereocenters. The van der Waals surface area contributed by atoms with Gasteiger partial charge in [-0.25, -0.2) is 4.79 Å². The number of nitrogens with zero attached hydrogens (tertiary/aromatic N) is 1. The van der Waals surface area contributed by atoms with E-state index in [1.54, 1.807) is 0 Å². The smallest absolute Gasteiger partial charge is 0.315 e. The molecule has 0 bridgehead atoms. The number of amides is 2. The van der Waals surface area contributed by atoms with Crippen molar-refractivity contribution in [1.29, 1.82) is 0 Å². The van der Waals surface area contributed by atoms with Gasteiger partial charge in [-0.3, -0.25) is 0 Å². The Bertz CT molecular complexity index is 328. The Morgan fingerprint density at radius 1 is 1.43 bits per heavy atom. The van der Waals surface area contributed by atoms with Crippen LogP contribution in [0.25, 0.3) is 0 Å². The normalized spacial score (nSPS) is 23.4. The van der Waals surface area contributed by atoms with Crippen LogP contribution in [0.2, 0.25) is 0 Å². The van der Waals surface area contributed by atoms with Crippen molar-refractivity contribution in [3.63, 3.8) is 0 Å². The highest BCUT2D eigenvalue weighted by Crippen LogP contribution is 2.20. The van der Waals surface area contributed by atoms with Crippen LogP contribution in [0.1, 0.15) is 53.9 Å². The molecule has 0 aromatic rings. The van der Waals surface area contributed by atoms with Gasteiger partial charge in [0.25, 0.3) is 0 Å². The number of carbonyl (C=O) groups is 1. The summed E-state index contributed by atoms with van der Waals surface area (Å²) in [4.78, 5) is 14.3. The zero-order valence-electron chi connectivity index (χ0n) is 14.3. The monoisotopic (exact) mass is 299 g/mol. The summed E-state index contributed by atoms with van der Waals surface area (Å²) in [7, 11) is 0. The average Bonchev–Trinajstić information content (AvgIpc) is 2.36. The largest absolute Gasteiger partial charge is 0.392 e. The molecule has 0 radical (unpaired) electrons. The maximum Gasteiger partial charge on any atom is 0.315 e. The number of nitrogens with one attached hydrogen (secondary N) is 2. The third kappa shape index (κ3) is 7.14. The molecule has 1 saturated heterocycles. The van der Waals surface area contributed by atoms with Crippen LogP contribution in [0.4, 0.5) is 4.79 Å². The van der Waals surface area contributed by atoms with E-state index >= 15 is 0 Å². The molecule has 5 nitrogen and oxygen atoms in total. The fraction of sp³-hybridized carbons (Fsp3) is 0.938. The van der Waals surface area contributed by atoms with E-state index in [-0.39, 0.29) is 23.7 Å². The number of hydrogen-bond acceptors (Lipinski definition) is 3. The second kappa shape index (κ2) is 7.99. The molecule has 3 atom stereocenters. The van der Waals surface area contributed by atoms with Gasteiger partial charge in [0.05, 0.1) is 6.10 Å². The first kappa shape index (κ1) is 18.2. The quantitative estimate of drug-likeness (QED) is 0.727. The number of hydrogen-bond donors (Lipinski definition) is 3. The van der Waals surface area contributed by atoms with Gasteiger partial charge < -0.3 is 20.6 Å². The van der Waals surface area contributed by atoms with Crippen LogP contribution in [-0.2, 0) is 0 Å². The predicted molar refractivity (Wildman–Crippen MR) is 86.3 cm³/mol. The molecule has 1 rings (SSSR count). The lowest BCUT2D eigenvalue weighted by Crippen LogP contribution is -2.53. The van der Waals surface area contributed by atoms with Gasteiger partial charge >= 0.3 is 6.03 Å². The summed E-state index contributed by atoms with van der Waals surface area (Å²) >= 11 is 0. The minimum atomic E-state index is -0.240. The number of urea groups is 1. The van der Waals surface area contributed by atoms with Gasteiger partial charge in [0.2, 0.25) is 0 Å². The molecule has 5 heteroatoms. The van der Waals surface area contributed by atoms with Gasteiger partial charge in [-0.15, -0.1) is 0 Å². The lowest BCUT2D eigenvalue weighted by atomic mass is 9.91. The van der Waals surface area contributed by atoms with Crippen LogP contribution >= 0.6 is 0 Å². The van der Waals surface area contributed by atoms with Crippen molar-refractivity contribution >= 4 is 6.03 Å². The number of likely N-dealkylation sites (tertiary alicyclic amines) is 1. The summed E-state index contributed by atoms with van der Waals surface area (Å²) in [5, 5.41) is 15.8. The van der Waals surface area contributed by atoms with Gasteiger partial charge in [-0.2, -0.15) is 0 Å². The third-order valence-corrected chi connectivity index (χ3v) is 4.04. The van der Waals surface area contributed by atoms with Gasteiger partial charge in [0, 0.05) is 24.7 Å². The molecule has 1 aliphatic rings. The van der Waals surface area contributed by atoms with Gasteiger partial charge in [-0.1, -0.05) is 6.92 Å². The van der Waals surface area contributed by atoms with E-state index in [1.165, 1.54) is 0 Å². The van der Waals surface area contributed by atoms with Gasteiger partial charge in [0.1, 0.15) is 0 Å². The second-order valence-electron chi connectivity index (χ2n) is 7.36. The molecule has 0 spiro atoms. The predicted octanol–water partition coefficient (Wildman–Crippen LogP) is 1.96. The van der Waals surface area contributed by atoms with Crippen LogP contribution in [-0.4, -0.2) is 53.4 Å². The molecule has 1 heterocycles. The van der Waals surface area contributed by atoms with Crippen LogP contribution < -0.4 is 10.6 Å². The first-order valence-corrected chi connectivity index (χ1v) is 8.20. The fourth-order valence-electron chi connectivity index (χ4n) is 2.79. The fourth-order valence-corrected chi connectivity index (χ4v) is 2.79. The third-order valence-electron chi connectivity index (χ3n) is 4.04. The molecule has 0 aliphatic carbocycles. The average molecular weight is 299 g/mol. The van der Waals surface area contributed by atoms with E-state index in [1.807, 2.05) is 27.7 Å². The number of carbonyl (C=O) groups excluding carboxylic acids is 1. The molecule has 1 aliphatic heterocycles. The van der Waals surface area contributed by atoms with E-state index in [9.17, 15) is 9.90 Å². The van der Waals surface area contributed by atoms with Crippen molar-refractivity contribution in [2.75, 3.05) is 19.6 Å². The van der Waals surface area contributed by atoms with Crippen LogP contribution in [0.5, 0.6) is 0 Å². The number of rotatable bonds is 5. The van der Waals surface area contributed by atoms with Crippen LogP contribution in [0, 0.1) is 5.92 Å². The molecule has 1 fully saturated rings. The standard InChI is InChI=1S/C16H33N3O2/c1-6-14(20)11-19-9-7-8-13(10-19)12(2)17-15(21)18-16(3,4)5/h12-14,20H,6-11H2,1-5H3,(H2,17,18,21)/t12-,13-,14-/m1/s1. The molecule has 0 aromatic heterocycles. The maximum atomic E-state index is 11.9. The Morgan fingerprint density at radius 2 is 2.10 bits per heavy atom. The molecule has 0 aromatic carbocycles. The van der Waals surface area contributed by atoms with E-state index in [2.05, 4.69) is 22.5 Å². The Labute approximate surface area is 129 Å². The minimum absolute atomic E-state index is 0.0966. The summed E-state index contributed by atoms with van der Waals surface area (Å²) in [5.41, 5.74) is -0.215. The molecular weight excluding hydrogens is 266 g/mol. The first-order valence-electron chi connectivity index (χ1n) is 8.20. The number of piperidine rings is 1. The molecule has 2 amide bonds. The summed E-state index contributed by atoms with van der Waals surface area (Å²) in [5.74, 6) is 0.452. The van der Waals surface area contributed by atoms with E-state index < -0.39 is 0 Å². The molecule has 21 heavy (non-hydrogen) atoms. The summed E-state index contributed by atoms with van der Waals surface area (Å²) in [6.07, 6.45) is 2.82. The van der Waals surface area contributed by atoms with E-state index in [4.69, 9.17) is 0 Å². The van der Waals surface area contributed by atoms with Crippen LogP contribution in [0.3, 0.4) is 0 Å².